The van der Waals surface area contributed by atoms with Crippen molar-refractivity contribution in [3.05, 3.63) is 54.6 Å². The van der Waals surface area contributed by atoms with E-state index in [2.05, 4.69) is 4.72 Å². The second-order valence-corrected chi connectivity index (χ2v) is 8.81. The van der Waals surface area contributed by atoms with Gasteiger partial charge in [0.05, 0.1) is 22.2 Å². The Morgan fingerprint density at radius 2 is 1.50 bits per heavy atom. The summed E-state index contributed by atoms with van der Waals surface area (Å²) in [6.07, 6.45) is 0. The summed E-state index contributed by atoms with van der Waals surface area (Å²) >= 11 is 0. The van der Waals surface area contributed by atoms with E-state index in [-0.39, 0.29) is 22.1 Å². The van der Waals surface area contributed by atoms with Crippen molar-refractivity contribution in [2.24, 2.45) is 0 Å². The average Bonchev–Trinajstić information content (AvgIpc) is 2.56. The molecule has 130 valence electrons. The van der Waals surface area contributed by atoms with E-state index in [4.69, 9.17) is 4.74 Å². The van der Waals surface area contributed by atoms with Crippen LogP contribution in [-0.4, -0.2) is 35.7 Å². The summed E-state index contributed by atoms with van der Waals surface area (Å²) in [5.41, 5.74) is 0. The number of nitrogens with one attached hydrogen (secondary N) is 1. The van der Waals surface area contributed by atoms with E-state index in [1.165, 1.54) is 24.3 Å². The van der Waals surface area contributed by atoms with E-state index < -0.39 is 19.9 Å². The van der Waals surface area contributed by atoms with Gasteiger partial charge in [-0.2, -0.15) is 0 Å². The van der Waals surface area contributed by atoms with Crippen molar-refractivity contribution in [1.82, 2.24) is 4.72 Å². The van der Waals surface area contributed by atoms with E-state index >= 15 is 0 Å². The van der Waals surface area contributed by atoms with Gasteiger partial charge in [0, 0.05) is 6.54 Å². The molecule has 2 rings (SSSR count). The first-order valence-corrected chi connectivity index (χ1v) is 10.5. The van der Waals surface area contributed by atoms with Crippen LogP contribution in [0.25, 0.3) is 0 Å². The summed E-state index contributed by atoms with van der Waals surface area (Å²) in [6, 6.07) is 13.9. The van der Waals surface area contributed by atoms with Gasteiger partial charge in [-0.05, 0) is 43.3 Å². The van der Waals surface area contributed by atoms with Crippen LogP contribution in [0.3, 0.4) is 0 Å². The molecule has 0 heterocycles. The van der Waals surface area contributed by atoms with Gasteiger partial charge in [-0.3, -0.25) is 0 Å². The Bertz CT molecular complexity index is 860. The number of sulfone groups is 1. The zero-order valence-electron chi connectivity index (χ0n) is 13.2. The van der Waals surface area contributed by atoms with E-state index in [0.29, 0.717) is 12.4 Å². The minimum absolute atomic E-state index is 0.0584. The number of rotatable bonds is 8. The molecular weight excluding hydrogens is 350 g/mol. The molecule has 0 aromatic heterocycles. The van der Waals surface area contributed by atoms with Crippen LogP contribution in [0.1, 0.15) is 6.92 Å². The second-order valence-electron chi connectivity index (χ2n) is 4.93. The van der Waals surface area contributed by atoms with Crippen LogP contribution < -0.4 is 9.46 Å². The van der Waals surface area contributed by atoms with E-state index in [0.717, 1.165) is 0 Å². The van der Waals surface area contributed by atoms with E-state index in [1.54, 1.807) is 30.3 Å². The quantitative estimate of drug-likeness (QED) is 0.767. The Balaban J connectivity index is 2.00. The highest BCUT2D eigenvalue weighted by Crippen LogP contribution is 2.16. The summed E-state index contributed by atoms with van der Waals surface area (Å²) in [6.45, 7) is 2.12. The van der Waals surface area contributed by atoms with Crippen LogP contribution in [0.15, 0.2) is 64.4 Å². The minimum Gasteiger partial charge on any atom is -0.494 e. The maximum atomic E-state index is 12.2. The van der Waals surface area contributed by atoms with Crippen molar-refractivity contribution in [2.75, 3.05) is 18.9 Å². The average molecular weight is 369 g/mol. The number of ether oxygens (including phenoxy) is 1. The molecule has 2 aromatic rings. The molecule has 0 fully saturated rings. The van der Waals surface area contributed by atoms with Crippen molar-refractivity contribution in [3.8, 4) is 5.75 Å². The molecule has 0 aliphatic carbocycles. The molecule has 0 radical (unpaired) electrons. The van der Waals surface area contributed by atoms with Gasteiger partial charge in [-0.1, -0.05) is 18.2 Å². The van der Waals surface area contributed by atoms with Crippen LogP contribution in [0.5, 0.6) is 5.75 Å². The first-order chi connectivity index (χ1) is 11.3. The molecule has 1 N–H and O–H groups in total. The van der Waals surface area contributed by atoms with Crippen molar-refractivity contribution in [3.63, 3.8) is 0 Å². The smallest absolute Gasteiger partial charge is 0.240 e. The molecule has 0 atom stereocenters. The molecule has 0 saturated carbocycles. The first-order valence-electron chi connectivity index (χ1n) is 7.35. The third-order valence-corrected chi connectivity index (χ3v) is 6.42. The lowest BCUT2D eigenvalue weighted by Crippen LogP contribution is -2.29. The zero-order chi connectivity index (χ0) is 17.6. The molecule has 6 nitrogen and oxygen atoms in total. The Kier molecular flexibility index (Phi) is 5.98. The highest BCUT2D eigenvalue weighted by molar-refractivity contribution is 7.91. The van der Waals surface area contributed by atoms with Gasteiger partial charge in [0.15, 0.2) is 9.84 Å². The lowest BCUT2D eigenvalue weighted by molar-refractivity contribution is 0.340. The predicted octanol–water partition coefficient (Wildman–Crippen LogP) is 1.84. The molecule has 2 aromatic carbocycles. The monoisotopic (exact) mass is 369 g/mol. The highest BCUT2D eigenvalue weighted by atomic mass is 32.2. The van der Waals surface area contributed by atoms with Crippen molar-refractivity contribution in [1.29, 1.82) is 0 Å². The topological polar surface area (TPSA) is 89.5 Å². The predicted molar refractivity (Wildman–Crippen MR) is 91.3 cm³/mol. The van der Waals surface area contributed by atoms with Gasteiger partial charge in [-0.25, -0.2) is 21.6 Å². The van der Waals surface area contributed by atoms with E-state index in [9.17, 15) is 16.8 Å². The largest absolute Gasteiger partial charge is 0.494 e. The molecular formula is C16H19NO5S2. The number of benzene rings is 2. The van der Waals surface area contributed by atoms with Crippen molar-refractivity contribution >= 4 is 19.9 Å². The normalized spacial score (nSPS) is 12.0. The molecule has 24 heavy (non-hydrogen) atoms. The Morgan fingerprint density at radius 1 is 0.875 bits per heavy atom. The standard InChI is InChI=1S/C16H19NO5S2/c1-2-22-14-8-10-16(11-9-14)24(20,21)17-12-13-23(18,19)15-6-4-3-5-7-15/h3-11,17H,2,12-13H2,1H3. The molecule has 0 aliphatic rings. The Hall–Kier alpha value is -1.90. The summed E-state index contributed by atoms with van der Waals surface area (Å²) in [5, 5.41) is 0. The molecule has 0 aliphatic heterocycles. The molecule has 0 saturated heterocycles. The number of hydrogen-bond acceptors (Lipinski definition) is 5. The zero-order valence-corrected chi connectivity index (χ0v) is 14.8. The fraction of sp³-hybridized carbons (Fsp3) is 0.250. The van der Waals surface area contributed by atoms with Crippen LogP contribution in [-0.2, 0) is 19.9 Å². The number of hydrogen-bond donors (Lipinski definition) is 1. The molecule has 0 unspecified atom stereocenters. The maximum Gasteiger partial charge on any atom is 0.240 e. The van der Waals surface area contributed by atoms with Crippen LogP contribution in [0, 0.1) is 0 Å². The van der Waals surface area contributed by atoms with Crippen molar-refractivity contribution in [2.45, 2.75) is 16.7 Å². The molecule has 8 heteroatoms. The highest BCUT2D eigenvalue weighted by Gasteiger charge is 2.18. The first kappa shape index (κ1) is 18.4. The third-order valence-electron chi connectivity index (χ3n) is 3.21. The lowest BCUT2D eigenvalue weighted by atomic mass is 10.3. The summed E-state index contributed by atoms with van der Waals surface area (Å²) < 4.78 is 56.2. The van der Waals surface area contributed by atoms with Gasteiger partial charge in [0.1, 0.15) is 5.75 Å². The molecule has 0 amide bonds. The van der Waals surface area contributed by atoms with Crippen LogP contribution >= 0.6 is 0 Å². The maximum absolute atomic E-state index is 12.2. The SMILES string of the molecule is CCOc1ccc(S(=O)(=O)NCCS(=O)(=O)c2ccccc2)cc1. The van der Waals surface area contributed by atoms with Gasteiger partial charge < -0.3 is 4.74 Å². The fourth-order valence-electron chi connectivity index (χ4n) is 2.02. The van der Waals surface area contributed by atoms with E-state index in [1.807, 2.05) is 6.92 Å². The molecule has 0 bridgehead atoms. The van der Waals surface area contributed by atoms with Crippen molar-refractivity contribution < 1.29 is 21.6 Å². The van der Waals surface area contributed by atoms with Crippen LogP contribution in [0.4, 0.5) is 0 Å². The number of sulfonamides is 1. The second kappa shape index (κ2) is 7.78. The van der Waals surface area contributed by atoms with Crippen LogP contribution in [0.2, 0.25) is 0 Å². The minimum atomic E-state index is -3.77. The van der Waals surface area contributed by atoms with Gasteiger partial charge in [0.25, 0.3) is 0 Å². The third kappa shape index (κ3) is 4.80. The summed E-state index contributed by atoms with van der Waals surface area (Å²) in [7, 11) is -7.29. The van der Waals surface area contributed by atoms with Gasteiger partial charge in [-0.15, -0.1) is 0 Å². The Morgan fingerprint density at radius 3 is 2.08 bits per heavy atom. The van der Waals surface area contributed by atoms with Gasteiger partial charge in [0.2, 0.25) is 10.0 Å². The van der Waals surface area contributed by atoms with Gasteiger partial charge >= 0.3 is 0 Å². The lowest BCUT2D eigenvalue weighted by Gasteiger charge is -2.09. The summed E-state index contributed by atoms with van der Waals surface area (Å²) in [5.74, 6) is 0.260. The fourth-order valence-corrected chi connectivity index (χ4v) is 4.36. The Labute approximate surface area is 142 Å². The summed E-state index contributed by atoms with van der Waals surface area (Å²) in [4.78, 5) is 0.230. The molecule has 0 spiro atoms.